The SMILES string of the molecule is C[C@H]1CCCC[C@H]1Nc1ncc(C(N)=O)c(Nc2ccc(-c3ccc4nccn4c3)cc2)n1. The Bertz CT molecular complexity index is 1280. The number of aromatic nitrogens is 4. The number of imidazole rings is 1. The highest BCUT2D eigenvalue weighted by atomic mass is 16.1. The highest BCUT2D eigenvalue weighted by Gasteiger charge is 2.22. The Kier molecular flexibility index (Phi) is 5.64. The molecule has 1 saturated carbocycles. The van der Waals surface area contributed by atoms with Gasteiger partial charge in [0.2, 0.25) is 5.95 Å². The molecule has 8 heteroatoms. The number of carbonyl (C=O) groups excluding carboxylic acids is 1. The number of nitrogens with one attached hydrogen (secondary N) is 2. The average molecular weight is 442 g/mol. The van der Waals surface area contributed by atoms with Crippen LogP contribution in [0.1, 0.15) is 43.0 Å². The summed E-state index contributed by atoms with van der Waals surface area (Å²) in [6.45, 7) is 2.25. The number of amides is 1. The highest BCUT2D eigenvalue weighted by Crippen LogP contribution is 2.28. The number of anilines is 3. The molecule has 4 aromatic rings. The van der Waals surface area contributed by atoms with Crippen molar-refractivity contribution in [3.8, 4) is 11.1 Å². The van der Waals surface area contributed by atoms with Gasteiger partial charge in [0.25, 0.3) is 5.91 Å². The predicted octanol–water partition coefficient (Wildman–Crippen LogP) is 4.62. The predicted molar refractivity (Wildman–Crippen MR) is 130 cm³/mol. The second-order valence-electron chi connectivity index (χ2n) is 8.65. The minimum atomic E-state index is -0.569. The van der Waals surface area contributed by atoms with Gasteiger partial charge < -0.3 is 20.8 Å². The molecule has 2 atom stereocenters. The van der Waals surface area contributed by atoms with Crippen LogP contribution in [0.3, 0.4) is 0 Å². The third-order valence-electron chi connectivity index (χ3n) is 6.35. The van der Waals surface area contributed by atoms with E-state index in [0.717, 1.165) is 28.9 Å². The van der Waals surface area contributed by atoms with Crippen molar-refractivity contribution < 1.29 is 4.79 Å². The quantitative estimate of drug-likeness (QED) is 0.403. The number of hydrogen-bond donors (Lipinski definition) is 3. The van der Waals surface area contributed by atoms with Crippen molar-refractivity contribution in [3.63, 3.8) is 0 Å². The summed E-state index contributed by atoms with van der Waals surface area (Å²) in [4.78, 5) is 25.2. The highest BCUT2D eigenvalue weighted by molar-refractivity contribution is 5.98. The van der Waals surface area contributed by atoms with Gasteiger partial charge in [0.15, 0.2) is 0 Å². The lowest BCUT2D eigenvalue weighted by molar-refractivity contribution is 0.100. The number of fused-ring (bicyclic) bond motifs is 1. The standard InChI is InChI=1S/C25H27N7O/c1-16-4-2-3-5-21(16)30-25-28-14-20(23(26)33)24(31-25)29-19-9-6-17(7-10-19)18-8-11-22-27-12-13-32(22)15-18/h6-16,21H,2-5H2,1H3,(H2,26,33)(H2,28,29,30,31)/t16-,21+/m0/s1. The lowest BCUT2D eigenvalue weighted by atomic mass is 9.86. The van der Waals surface area contributed by atoms with E-state index in [9.17, 15) is 4.79 Å². The van der Waals surface area contributed by atoms with Crippen LogP contribution in [0.25, 0.3) is 16.8 Å². The molecule has 1 aliphatic rings. The first kappa shape index (κ1) is 20.9. The molecule has 168 valence electrons. The van der Waals surface area contributed by atoms with Gasteiger partial charge in [0, 0.05) is 36.5 Å². The summed E-state index contributed by atoms with van der Waals surface area (Å²) < 4.78 is 1.99. The van der Waals surface area contributed by atoms with Crippen molar-refractivity contribution in [1.82, 2.24) is 19.4 Å². The first-order valence-corrected chi connectivity index (χ1v) is 11.3. The third-order valence-corrected chi connectivity index (χ3v) is 6.35. The van der Waals surface area contributed by atoms with Crippen LogP contribution in [-0.4, -0.2) is 31.3 Å². The molecule has 1 fully saturated rings. The van der Waals surface area contributed by atoms with Crippen LogP contribution in [0.2, 0.25) is 0 Å². The summed E-state index contributed by atoms with van der Waals surface area (Å²) in [5, 5.41) is 6.68. The normalized spacial score (nSPS) is 18.2. The molecule has 1 aliphatic carbocycles. The minimum Gasteiger partial charge on any atom is -0.365 e. The summed E-state index contributed by atoms with van der Waals surface area (Å²) in [6.07, 6.45) is 12.0. The average Bonchev–Trinajstić information content (AvgIpc) is 3.29. The second kappa shape index (κ2) is 8.90. The van der Waals surface area contributed by atoms with Crippen LogP contribution in [0.4, 0.5) is 17.5 Å². The van der Waals surface area contributed by atoms with Crippen molar-refractivity contribution in [2.75, 3.05) is 10.6 Å². The van der Waals surface area contributed by atoms with Gasteiger partial charge in [0.1, 0.15) is 17.0 Å². The van der Waals surface area contributed by atoms with Crippen LogP contribution in [-0.2, 0) is 0 Å². The fourth-order valence-corrected chi connectivity index (χ4v) is 4.40. The largest absolute Gasteiger partial charge is 0.365 e. The number of primary amides is 1. The molecule has 1 aromatic carbocycles. The van der Waals surface area contributed by atoms with Crippen molar-refractivity contribution in [3.05, 3.63) is 66.7 Å². The van der Waals surface area contributed by atoms with Crippen LogP contribution >= 0.6 is 0 Å². The second-order valence-corrected chi connectivity index (χ2v) is 8.65. The van der Waals surface area contributed by atoms with E-state index in [0.29, 0.717) is 23.7 Å². The number of nitrogens with zero attached hydrogens (tertiary/aromatic N) is 4. The van der Waals surface area contributed by atoms with Crippen LogP contribution < -0.4 is 16.4 Å². The number of hydrogen-bond acceptors (Lipinski definition) is 6. The number of benzene rings is 1. The van der Waals surface area contributed by atoms with Crippen molar-refractivity contribution in [1.29, 1.82) is 0 Å². The fraction of sp³-hybridized carbons (Fsp3) is 0.280. The van der Waals surface area contributed by atoms with E-state index in [-0.39, 0.29) is 5.56 Å². The van der Waals surface area contributed by atoms with E-state index in [4.69, 9.17) is 5.73 Å². The van der Waals surface area contributed by atoms with Crippen molar-refractivity contribution in [2.45, 2.75) is 38.6 Å². The van der Waals surface area contributed by atoms with Crippen LogP contribution in [0.5, 0.6) is 0 Å². The van der Waals surface area contributed by atoms with E-state index in [1.807, 2.05) is 53.2 Å². The lowest BCUT2D eigenvalue weighted by Gasteiger charge is -2.29. The molecular weight excluding hydrogens is 414 g/mol. The molecule has 4 N–H and O–H groups in total. The van der Waals surface area contributed by atoms with E-state index in [1.165, 1.54) is 25.5 Å². The molecule has 0 spiro atoms. The Labute approximate surface area is 192 Å². The molecule has 3 aromatic heterocycles. The number of carbonyl (C=O) groups is 1. The van der Waals surface area contributed by atoms with Gasteiger partial charge in [0.05, 0.1) is 0 Å². The molecule has 3 heterocycles. The Hall–Kier alpha value is -3.94. The van der Waals surface area contributed by atoms with Gasteiger partial charge in [-0.05, 0) is 54.2 Å². The smallest absolute Gasteiger partial charge is 0.254 e. The van der Waals surface area contributed by atoms with Gasteiger partial charge in [-0.15, -0.1) is 0 Å². The Balaban J connectivity index is 1.37. The maximum atomic E-state index is 12.0. The molecule has 5 rings (SSSR count). The first-order valence-electron chi connectivity index (χ1n) is 11.3. The summed E-state index contributed by atoms with van der Waals surface area (Å²) in [6, 6.07) is 12.3. The van der Waals surface area contributed by atoms with Crippen molar-refractivity contribution >= 4 is 29.0 Å². The number of pyridine rings is 1. The maximum Gasteiger partial charge on any atom is 0.254 e. The Morgan fingerprint density at radius 1 is 1.06 bits per heavy atom. The summed E-state index contributed by atoms with van der Waals surface area (Å²) in [7, 11) is 0. The van der Waals surface area contributed by atoms with Gasteiger partial charge in [-0.1, -0.05) is 31.9 Å². The molecule has 0 bridgehead atoms. The van der Waals surface area contributed by atoms with E-state index < -0.39 is 5.91 Å². The van der Waals surface area contributed by atoms with Gasteiger partial charge in [-0.2, -0.15) is 4.98 Å². The van der Waals surface area contributed by atoms with Crippen LogP contribution in [0, 0.1) is 5.92 Å². The summed E-state index contributed by atoms with van der Waals surface area (Å²) >= 11 is 0. The zero-order valence-corrected chi connectivity index (χ0v) is 18.5. The topological polar surface area (TPSA) is 110 Å². The molecule has 1 amide bonds. The fourth-order valence-electron chi connectivity index (χ4n) is 4.40. The minimum absolute atomic E-state index is 0.256. The number of rotatable bonds is 6. The molecular formula is C25H27N7O. The summed E-state index contributed by atoms with van der Waals surface area (Å²) in [5.41, 5.74) is 9.70. The van der Waals surface area contributed by atoms with Gasteiger partial charge in [-0.25, -0.2) is 9.97 Å². The molecule has 0 radical (unpaired) electrons. The molecule has 8 nitrogen and oxygen atoms in total. The van der Waals surface area contributed by atoms with E-state index >= 15 is 0 Å². The third kappa shape index (κ3) is 4.50. The molecule has 0 aliphatic heterocycles. The van der Waals surface area contributed by atoms with E-state index in [1.54, 1.807) is 6.20 Å². The first-order chi connectivity index (χ1) is 16.1. The van der Waals surface area contributed by atoms with Crippen LogP contribution in [0.15, 0.2) is 61.2 Å². The van der Waals surface area contributed by atoms with E-state index in [2.05, 4.69) is 32.5 Å². The molecule has 33 heavy (non-hydrogen) atoms. The maximum absolute atomic E-state index is 12.0. The molecule has 0 unspecified atom stereocenters. The Morgan fingerprint density at radius 2 is 1.85 bits per heavy atom. The monoisotopic (exact) mass is 441 g/mol. The van der Waals surface area contributed by atoms with Gasteiger partial charge >= 0.3 is 0 Å². The Morgan fingerprint density at radius 3 is 2.64 bits per heavy atom. The zero-order chi connectivity index (χ0) is 22.8. The molecule has 0 saturated heterocycles. The summed E-state index contributed by atoms with van der Waals surface area (Å²) in [5.74, 6) is 0.895. The van der Waals surface area contributed by atoms with Crippen molar-refractivity contribution in [2.24, 2.45) is 11.7 Å². The lowest BCUT2D eigenvalue weighted by Crippen LogP contribution is -2.31. The number of nitrogens with two attached hydrogens (primary N) is 1. The zero-order valence-electron chi connectivity index (χ0n) is 18.5. The van der Waals surface area contributed by atoms with Gasteiger partial charge in [-0.3, -0.25) is 4.79 Å².